The Morgan fingerprint density at radius 1 is 0.796 bits per heavy atom. The van der Waals surface area contributed by atoms with Crippen LogP contribution in [0.15, 0.2) is 54.1 Å². The number of aromatic hydroxyl groups is 1. The van der Waals surface area contributed by atoms with Gasteiger partial charge in [-0.25, -0.2) is 26.9 Å². The number of hydrogen-bond acceptors (Lipinski definition) is 8. The van der Waals surface area contributed by atoms with Gasteiger partial charge in [0.25, 0.3) is 11.8 Å². The number of fused-ring (bicyclic) bond motifs is 4. The molecule has 1 saturated carbocycles. The summed E-state index contributed by atoms with van der Waals surface area (Å²) in [4.78, 5) is 54.8. The van der Waals surface area contributed by atoms with Crippen LogP contribution in [-0.2, 0) is 23.9 Å². The Labute approximate surface area is 313 Å². The number of benzene rings is 3. The monoisotopic (exact) mass is 791 g/mol. The van der Waals surface area contributed by atoms with Crippen LogP contribution in [0.4, 0.5) is 39.0 Å². The predicted molar refractivity (Wildman–Crippen MR) is 183 cm³/mol. The third-order valence-electron chi connectivity index (χ3n) is 11.2. The van der Waals surface area contributed by atoms with E-state index in [9.17, 15) is 37.5 Å². The number of ether oxygens (including phenoxy) is 2. The van der Waals surface area contributed by atoms with E-state index in [1.165, 1.54) is 25.3 Å². The van der Waals surface area contributed by atoms with Crippen LogP contribution in [-0.4, -0.2) is 71.9 Å². The molecule has 8 rings (SSSR count). The Morgan fingerprint density at radius 3 is 2.04 bits per heavy atom. The third kappa shape index (κ3) is 4.80. The van der Waals surface area contributed by atoms with Gasteiger partial charge >= 0.3 is 0 Å². The molecule has 54 heavy (non-hydrogen) atoms. The van der Waals surface area contributed by atoms with E-state index in [-0.39, 0.29) is 39.6 Å². The van der Waals surface area contributed by atoms with E-state index in [1.807, 2.05) is 0 Å². The largest absolute Gasteiger partial charge is 0.504 e. The summed E-state index contributed by atoms with van der Waals surface area (Å²) in [6.45, 7) is 2.39. The number of alkyl halides is 2. The molecule has 0 aromatic heterocycles. The van der Waals surface area contributed by atoms with Gasteiger partial charge in [0, 0.05) is 24.7 Å². The van der Waals surface area contributed by atoms with E-state index in [2.05, 4.69) is 4.90 Å². The van der Waals surface area contributed by atoms with Gasteiger partial charge in [0.2, 0.25) is 17.6 Å². The van der Waals surface area contributed by atoms with Crippen LogP contribution >= 0.6 is 23.2 Å². The topological polar surface area (TPSA) is 117 Å². The smallest absolute Gasteiger partial charge is 0.258 e. The Bertz CT molecular complexity index is 2170. The van der Waals surface area contributed by atoms with E-state index in [1.54, 1.807) is 30.3 Å². The zero-order chi connectivity index (χ0) is 38.6. The van der Waals surface area contributed by atoms with Gasteiger partial charge in [-0.3, -0.25) is 24.1 Å². The maximum atomic E-state index is 15.3. The molecule has 5 aliphatic rings. The summed E-state index contributed by atoms with van der Waals surface area (Å²) in [5, 5.41) is 10.4. The third-order valence-corrected chi connectivity index (χ3v) is 12.7. The fourth-order valence-electron chi connectivity index (χ4n) is 8.70. The lowest BCUT2D eigenvalue weighted by atomic mass is 9.56. The van der Waals surface area contributed by atoms with Crippen LogP contribution in [0, 0.1) is 46.8 Å². The molecule has 6 atom stereocenters. The quantitative estimate of drug-likeness (QED) is 0.0875. The van der Waals surface area contributed by atoms with Gasteiger partial charge in [0.15, 0.2) is 44.5 Å². The number of rotatable bonds is 5. The lowest BCUT2D eigenvalue weighted by Gasteiger charge is -2.50. The zero-order valence-electron chi connectivity index (χ0n) is 28.1. The Morgan fingerprint density at radius 2 is 1.41 bits per heavy atom. The molecule has 4 amide bonds. The number of carbonyl (C=O) groups is 4. The van der Waals surface area contributed by atoms with E-state index < -0.39 is 98.2 Å². The fourth-order valence-corrected chi connectivity index (χ4v) is 9.64. The van der Waals surface area contributed by atoms with Crippen molar-refractivity contribution < 1.29 is 55.7 Å². The van der Waals surface area contributed by atoms with Crippen LogP contribution in [0.3, 0.4) is 0 Å². The summed E-state index contributed by atoms with van der Waals surface area (Å²) in [6, 6.07) is 10.6. The average molecular weight is 793 g/mol. The van der Waals surface area contributed by atoms with Crippen LogP contribution in [0.25, 0.3) is 0 Å². The van der Waals surface area contributed by atoms with Gasteiger partial charge in [-0.05, 0) is 60.7 Å². The van der Waals surface area contributed by atoms with Crippen molar-refractivity contribution in [3.8, 4) is 11.5 Å². The highest BCUT2D eigenvalue weighted by Gasteiger charge is 2.77. The highest BCUT2D eigenvalue weighted by atomic mass is 35.5. The first-order valence-corrected chi connectivity index (χ1v) is 17.6. The second-order valence-corrected chi connectivity index (χ2v) is 15.0. The van der Waals surface area contributed by atoms with Gasteiger partial charge in [-0.15, -0.1) is 23.2 Å². The number of amides is 4. The minimum absolute atomic E-state index is 0.0269. The minimum atomic E-state index is -2.70. The van der Waals surface area contributed by atoms with E-state index in [0.717, 1.165) is 10.6 Å². The molecule has 4 fully saturated rings. The Kier molecular flexibility index (Phi) is 8.51. The number of anilines is 3. The lowest BCUT2D eigenvalue weighted by molar-refractivity contribution is -0.125. The van der Waals surface area contributed by atoms with Gasteiger partial charge in [0.05, 0.1) is 37.8 Å². The molecule has 0 unspecified atom stereocenters. The molecule has 0 spiro atoms. The first kappa shape index (κ1) is 36.3. The number of hydrogen-bond donors (Lipinski definition) is 1. The summed E-state index contributed by atoms with van der Waals surface area (Å²) >= 11 is 14.3. The van der Waals surface area contributed by atoms with Crippen molar-refractivity contribution in [2.24, 2.45) is 17.8 Å². The molecule has 0 bridgehead atoms. The predicted octanol–water partition coefficient (Wildman–Crippen LogP) is 5.70. The van der Waals surface area contributed by atoms with Crippen molar-refractivity contribution in [2.75, 3.05) is 48.1 Å². The molecule has 3 aromatic rings. The number of imide groups is 2. The van der Waals surface area contributed by atoms with Crippen molar-refractivity contribution in [3.63, 3.8) is 0 Å². The highest BCUT2D eigenvalue weighted by Crippen LogP contribution is 2.66. The van der Waals surface area contributed by atoms with E-state index >= 15 is 8.78 Å². The molecule has 2 aliphatic carbocycles. The number of morpholine rings is 1. The highest BCUT2D eigenvalue weighted by molar-refractivity contribution is 6.58. The Hall–Kier alpha value is -4.73. The van der Waals surface area contributed by atoms with Crippen molar-refractivity contribution in [2.45, 2.75) is 28.5 Å². The number of nitrogens with zero attached hydrogens (tertiary/aromatic N) is 3. The molecule has 3 saturated heterocycles. The first-order chi connectivity index (χ1) is 25.7. The SMILES string of the molecule is COc1cc([C@H]2C3=CC[C@@H]4C(=O)N(c5ccc(N6CCOCC6)cc5)C(=O)[C@@H]4[C@@H]3C[C@@]3(Cl)C(=O)N(c4c(F)c(F)c(F)c(F)c4F)C(=O)[C@@]23Cl)ccc1O. The maximum Gasteiger partial charge on any atom is 0.258 e. The standard InChI is InChI=1S/C37H28Cl2F5N3O7/c1-53-23-14-16(2-9-22(23)48)25-19-7-8-20-24(33(50)46(32(20)49)18-5-3-17(4-6-18)45-10-12-54-13-11-45)21(19)15-36(38)34(51)47(35(52)37(25,36)39)31-29(43)27(41)26(40)28(42)30(31)44/h2-7,9,14,20-21,24-25,48H,8,10-13,15H2,1H3/t20-,21+,24-,25-,36+,37-/m0/s1. The molecule has 282 valence electrons. The van der Waals surface area contributed by atoms with Crippen molar-refractivity contribution >= 4 is 63.9 Å². The average Bonchev–Trinajstić information content (AvgIpc) is 3.51. The zero-order valence-corrected chi connectivity index (χ0v) is 29.6. The summed E-state index contributed by atoms with van der Waals surface area (Å²) < 4.78 is 84.3. The molecular formula is C37H28Cl2F5N3O7. The second kappa shape index (κ2) is 12.7. The molecule has 3 aromatic carbocycles. The molecule has 3 aliphatic heterocycles. The van der Waals surface area contributed by atoms with Crippen molar-refractivity contribution in [1.29, 1.82) is 0 Å². The molecule has 17 heteroatoms. The van der Waals surface area contributed by atoms with Crippen LogP contribution in [0.1, 0.15) is 24.3 Å². The number of halogens is 7. The normalized spacial score (nSPS) is 29.3. The number of carbonyl (C=O) groups excluding carboxylic acids is 4. The van der Waals surface area contributed by atoms with Gasteiger partial charge in [-0.2, -0.15) is 0 Å². The number of phenolic OH excluding ortho intramolecular Hbond substituents is 1. The Balaban J connectivity index is 1.25. The number of methoxy groups -OCH3 is 1. The van der Waals surface area contributed by atoms with Crippen molar-refractivity contribution in [3.05, 3.63) is 88.8 Å². The van der Waals surface area contributed by atoms with Crippen LogP contribution in [0.2, 0.25) is 0 Å². The lowest BCUT2D eigenvalue weighted by Crippen LogP contribution is -2.60. The molecular weight excluding hydrogens is 764 g/mol. The summed E-state index contributed by atoms with van der Waals surface area (Å²) in [6.07, 6.45) is 0.919. The van der Waals surface area contributed by atoms with Gasteiger partial charge in [-0.1, -0.05) is 17.7 Å². The number of phenols is 1. The molecule has 0 radical (unpaired) electrons. The second-order valence-electron chi connectivity index (χ2n) is 13.8. The molecule has 10 nitrogen and oxygen atoms in total. The summed E-state index contributed by atoms with van der Waals surface area (Å²) in [7, 11) is 1.23. The first-order valence-electron chi connectivity index (χ1n) is 16.8. The van der Waals surface area contributed by atoms with Gasteiger partial charge < -0.3 is 19.5 Å². The molecule has 3 heterocycles. The van der Waals surface area contributed by atoms with E-state index in [4.69, 9.17) is 32.7 Å². The summed E-state index contributed by atoms with van der Waals surface area (Å²) in [5.74, 6) is -21.9. The van der Waals surface area contributed by atoms with E-state index in [0.29, 0.717) is 26.3 Å². The van der Waals surface area contributed by atoms with Crippen molar-refractivity contribution in [1.82, 2.24) is 0 Å². The number of allylic oxidation sites excluding steroid dienone is 2. The van der Waals surface area contributed by atoms with Gasteiger partial charge in [0.1, 0.15) is 5.69 Å². The summed E-state index contributed by atoms with van der Waals surface area (Å²) in [5.41, 5.74) is -0.377. The fraction of sp³-hybridized carbons (Fsp3) is 0.351. The maximum absolute atomic E-state index is 15.3. The van der Waals surface area contributed by atoms with Crippen LogP contribution in [0.5, 0.6) is 11.5 Å². The van der Waals surface area contributed by atoms with Crippen LogP contribution < -0.4 is 19.4 Å². The molecule has 1 N–H and O–H groups in total. The minimum Gasteiger partial charge on any atom is -0.504 e.